The van der Waals surface area contributed by atoms with E-state index >= 15 is 0 Å². The van der Waals surface area contributed by atoms with Crippen molar-refractivity contribution in [2.24, 2.45) is 5.73 Å². The first-order valence-electron chi connectivity index (χ1n) is 5.49. The number of pyridine rings is 1. The quantitative estimate of drug-likeness (QED) is 0.662. The molecule has 0 aliphatic heterocycles. The van der Waals surface area contributed by atoms with Gasteiger partial charge in [-0.3, -0.25) is 9.59 Å². The molecule has 0 bridgehead atoms. The summed E-state index contributed by atoms with van der Waals surface area (Å²) in [5, 5.41) is 2.79. The Balaban J connectivity index is 2.75. The highest BCUT2D eigenvalue weighted by Crippen LogP contribution is 2.15. The second-order valence-corrected chi connectivity index (χ2v) is 3.76. The number of anilines is 2. The van der Waals surface area contributed by atoms with E-state index in [-0.39, 0.29) is 24.0 Å². The standard InChI is InChI=1S/C11H17N5O2/c1-3-16(2)9(17)6-14-11-7(12)4-5-8(15-11)10(13)18/h4-5H,3,6,12H2,1-2H3,(H2,13,18)(H,14,15). The molecule has 1 rings (SSSR count). The summed E-state index contributed by atoms with van der Waals surface area (Å²) in [5.74, 6) is -0.456. The molecule has 7 nitrogen and oxygen atoms in total. The highest BCUT2D eigenvalue weighted by Gasteiger charge is 2.10. The van der Waals surface area contributed by atoms with E-state index in [9.17, 15) is 9.59 Å². The predicted molar refractivity (Wildman–Crippen MR) is 69.0 cm³/mol. The number of primary amides is 1. The van der Waals surface area contributed by atoms with E-state index in [1.165, 1.54) is 12.1 Å². The summed E-state index contributed by atoms with van der Waals surface area (Å²) < 4.78 is 0. The van der Waals surface area contributed by atoms with Crippen molar-refractivity contribution in [3.63, 3.8) is 0 Å². The van der Waals surface area contributed by atoms with Gasteiger partial charge in [-0.15, -0.1) is 0 Å². The van der Waals surface area contributed by atoms with Gasteiger partial charge in [0.15, 0.2) is 5.82 Å². The third kappa shape index (κ3) is 3.34. The number of hydrogen-bond acceptors (Lipinski definition) is 5. The average Bonchev–Trinajstić information content (AvgIpc) is 2.36. The Hall–Kier alpha value is -2.31. The van der Waals surface area contributed by atoms with Crippen molar-refractivity contribution in [1.82, 2.24) is 9.88 Å². The van der Waals surface area contributed by atoms with Crippen LogP contribution in [0.1, 0.15) is 17.4 Å². The number of aromatic nitrogens is 1. The maximum atomic E-state index is 11.6. The SMILES string of the molecule is CCN(C)C(=O)CNc1nc(C(N)=O)ccc1N. The van der Waals surface area contributed by atoms with Crippen LogP contribution in [-0.2, 0) is 4.79 Å². The van der Waals surface area contributed by atoms with Crippen molar-refractivity contribution < 1.29 is 9.59 Å². The molecule has 0 aliphatic rings. The lowest BCUT2D eigenvalue weighted by atomic mass is 10.3. The van der Waals surface area contributed by atoms with E-state index in [0.29, 0.717) is 12.2 Å². The lowest BCUT2D eigenvalue weighted by Gasteiger charge is -2.15. The number of nitrogens with one attached hydrogen (secondary N) is 1. The van der Waals surface area contributed by atoms with Gasteiger partial charge in [0.05, 0.1) is 12.2 Å². The number of nitrogen functional groups attached to an aromatic ring is 1. The molecule has 2 amide bonds. The zero-order valence-corrected chi connectivity index (χ0v) is 10.4. The summed E-state index contributed by atoms with van der Waals surface area (Å²) in [7, 11) is 1.70. The third-order valence-electron chi connectivity index (χ3n) is 2.49. The minimum Gasteiger partial charge on any atom is -0.396 e. The molecule has 0 aliphatic carbocycles. The molecular weight excluding hydrogens is 234 g/mol. The van der Waals surface area contributed by atoms with E-state index in [1.54, 1.807) is 11.9 Å². The Morgan fingerprint density at radius 1 is 1.44 bits per heavy atom. The zero-order valence-electron chi connectivity index (χ0n) is 10.4. The summed E-state index contributed by atoms with van der Waals surface area (Å²) in [6.07, 6.45) is 0. The molecule has 0 atom stereocenters. The molecule has 98 valence electrons. The number of nitrogens with two attached hydrogens (primary N) is 2. The highest BCUT2D eigenvalue weighted by atomic mass is 16.2. The van der Waals surface area contributed by atoms with Gasteiger partial charge in [-0.25, -0.2) is 4.98 Å². The van der Waals surface area contributed by atoms with Crippen molar-refractivity contribution in [2.75, 3.05) is 31.2 Å². The predicted octanol–water partition coefficient (Wildman–Crippen LogP) is -0.347. The first kappa shape index (κ1) is 13.8. The Bertz CT molecular complexity index is 461. The van der Waals surface area contributed by atoms with Crippen LogP contribution in [0.15, 0.2) is 12.1 Å². The molecule has 0 saturated heterocycles. The number of likely N-dealkylation sites (N-methyl/N-ethyl adjacent to an activating group) is 1. The fourth-order valence-corrected chi connectivity index (χ4v) is 1.22. The van der Waals surface area contributed by atoms with Crippen molar-refractivity contribution in [3.8, 4) is 0 Å². The second kappa shape index (κ2) is 5.85. The smallest absolute Gasteiger partial charge is 0.267 e. The molecule has 0 radical (unpaired) electrons. The monoisotopic (exact) mass is 251 g/mol. The van der Waals surface area contributed by atoms with Gasteiger partial charge in [-0.2, -0.15) is 0 Å². The topological polar surface area (TPSA) is 114 Å². The molecule has 18 heavy (non-hydrogen) atoms. The molecular formula is C11H17N5O2. The van der Waals surface area contributed by atoms with Crippen LogP contribution in [0.5, 0.6) is 0 Å². The van der Waals surface area contributed by atoms with Crippen LogP contribution in [-0.4, -0.2) is 41.8 Å². The van der Waals surface area contributed by atoms with Gasteiger partial charge >= 0.3 is 0 Å². The van der Waals surface area contributed by atoms with Gasteiger partial charge in [0.25, 0.3) is 5.91 Å². The van der Waals surface area contributed by atoms with Crippen molar-refractivity contribution >= 4 is 23.3 Å². The number of carbonyl (C=O) groups excluding carboxylic acids is 2. The Kier molecular flexibility index (Phi) is 4.47. The lowest BCUT2D eigenvalue weighted by molar-refractivity contribution is -0.127. The number of amides is 2. The molecule has 0 fully saturated rings. The van der Waals surface area contributed by atoms with E-state index in [2.05, 4.69) is 10.3 Å². The maximum absolute atomic E-state index is 11.6. The summed E-state index contributed by atoms with van der Waals surface area (Å²) >= 11 is 0. The maximum Gasteiger partial charge on any atom is 0.267 e. The van der Waals surface area contributed by atoms with Gasteiger partial charge in [0.1, 0.15) is 5.69 Å². The molecule has 1 aromatic rings. The van der Waals surface area contributed by atoms with Crippen LogP contribution in [0.3, 0.4) is 0 Å². The van der Waals surface area contributed by atoms with E-state index in [4.69, 9.17) is 11.5 Å². The largest absolute Gasteiger partial charge is 0.396 e. The van der Waals surface area contributed by atoms with Gasteiger partial charge < -0.3 is 21.7 Å². The lowest BCUT2D eigenvalue weighted by Crippen LogP contribution is -2.32. The normalized spacial score (nSPS) is 9.89. The van der Waals surface area contributed by atoms with Gasteiger partial charge in [0, 0.05) is 13.6 Å². The van der Waals surface area contributed by atoms with Crippen molar-refractivity contribution in [3.05, 3.63) is 17.8 Å². The molecule has 5 N–H and O–H groups in total. The summed E-state index contributed by atoms with van der Waals surface area (Å²) in [5.41, 5.74) is 11.2. The minimum atomic E-state index is -0.643. The van der Waals surface area contributed by atoms with E-state index in [1.807, 2.05) is 6.92 Å². The summed E-state index contributed by atoms with van der Waals surface area (Å²) in [4.78, 5) is 28.1. The van der Waals surface area contributed by atoms with Crippen molar-refractivity contribution in [2.45, 2.75) is 6.92 Å². The third-order valence-corrected chi connectivity index (χ3v) is 2.49. The first-order valence-corrected chi connectivity index (χ1v) is 5.49. The molecule has 0 unspecified atom stereocenters. The molecule has 7 heteroatoms. The Morgan fingerprint density at radius 3 is 2.67 bits per heavy atom. The first-order chi connectivity index (χ1) is 8.45. The van der Waals surface area contributed by atoms with Gasteiger partial charge in [0.2, 0.25) is 5.91 Å². The zero-order chi connectivity index (χ0) is 13.7. The molecule has 0 saturated carbocycles. The molecule has 1 aromatic heterocycles. The second-order valence-electron chi connectivity index (χ2n) is 3.76. The molecule has 0 spiro atoms. The van der Waals surface area contributed by atoms with Gasteiger partial charge in [-0.1, -0.05) is 0 Å². The fourth-order valence-electron chi connectivity index (χ4n) is 1.22. The van der Waals surface area contributed by atoms with Crippen LogP contribution in [0.2, 0.25) is 0 Å². The van der Waals surface area contributed by atoms with Crippen LogP contribution in [0, 0.1) is 0 Å². The fraction of sp³-hybridized carbons (Fsp3) is 0.364. The minimum absolute atomic E-state index is 0.0593. The van der Waals surface area contributed by atoms with Crippen LogP contribution in [0.4, 0.5) is 11.5 Å². The van der Waals surface area contributed by atoms with E-state index in [0.717, 1.165) is 0 Å². The Labute approximate surface area is 105 Å². The molecule has 0 aromatic carbocycles. The van der Waals surface area contributed by atoms with Crippen molar-refractivity contribution in [1.29, 1.82) is 0 Å². The van der Waals surface area contributed by atoms with Crippen LogP contribution in [0.25, 0.3) is 0 Å². The van der Waals surface area contributed by atoms with Gasteiger partial charge in [-0.05, 0) is 19.1 Å². The van der Waals surface area contributed by atoms with Crippen LogP contribution < -0.4 is 16.8 Å². The number of rotatable bonds is 5. The number of carbonyl (C=O) groups is 2. The number of nitrogens with zero attached hydrogens (tertiary/aromatic N) is 2. The molecule has 1 heterocycles. The van der Waals surface area contributed by atoms with E-state index < -0.39 is 5.91 Å². The summed E-state index contributed by atoms with van der Waals surface area (Å²) in [6.45, 7) is 2.55. The Morgan fingerprint density at radius 2 is 2.11 bits per heavy atom. The number of hydrogen-bond donors (Lipinski definition) is 3. The highest BCUT2D eigenvalue weighted by molar-refractivity contribution is 5.92. The summed E-state index contributed by atoms with van der Waals surface area (Å²) in [6, 6.07) is 2.95. The average molecular weight is 251 g/mol. The van der Waals surface area contributed by atoms with Crippen LogP contribution >= 0.6 is 0 Å².